The fraction of sp³-hybridized carbons (Fsp3) is 0.130. The molecule has 0 radical (unpaired) electrons. The number of halogens is 2. The van der Waals surface area contributed by atoms with Gasteiger partial charge in [0.25, 0.3) is 0 Å². The Kier molecular flexibility index (Phi) is 5.60. The second-order valence-corrected chi connectivity index (χ2v) is 6.84. The molecule has 1 N–H and O–H groups in total. The normalized spacial score (nSPS) is 11.1. The molecular weight excluding hydrogens is 377 g/mol. The van der Waals surface area contributed by atoms with Crippen LogP contribution in [0.15, 0.2) is 77.4 Å². The van der Waals surface area contributed by atoms with Gasteiger partial charge in [0.15, 0.2) is 0 Å². The standard InChI is InChI=1S/C23H19ClFNO2/c24-21-8-3-9-22(25)20(21)15-28-23-11-10-16-5-1-2-7-18(16)19(23)14-26-13-17-6-4-12-27-17/h1-12,26H,13-15H2. The van der Waals surface area contributed by atoms with Crippen LogP contribution in [-0.4, -0.2) is 0 Å². The quantitative estimate of drug-likeness (QED) is 0.411. The highest BCUT2D eigenvalue weighted by Gasteiger charge is 2.12. The molecule has 0 aliphatic rings. The van der Waals surface area contributed by atoms with Crippen molar-refractivity contribution >= 4 is 22.4 Å². The summed E-state index contributed by atoms with van der Waals surface area (Å²) in [6, 6.07) is 20.5. The highest BCUT2D eigenvalue weighted by molar-refractivity contribution is 6.31. The van der Waals surface area contributed by atoms with Gasteiger partial charge in [0.1, 0.15) is 23.9 Å². The van der Waals surface area contributed by atoms with Crippen molar-refractivity contribution < 1.29 is 13.5 Å². The van der Waals surface area contributed by atoms with Crippen LogP contribution >= 0.6 is 11.6 Å². The monoisotopic (exact) mass is 395 g/mol. The molecule has 0 saturated heterocycles. The third kappa shape index (κ3) is 4.03. The van der Waals surface area contributed by atoms with Gasteiger partial charge in [0.05, 0.1) is 17.8 Å². The summed E-state index contributed by atoms with van der Waals surface area (Å²) >= 11 is 6.13. The van der Waals surface area contributed by atoms with Gasteiger partial charge >= 0.3 is 0 Å². The van der Waals surface area contributed by atoms with Gasteiger partial charge in [-0.1, -0.05) is 48.0 Å². The first-order valence-corrected chi connectivity index (χ1v) is 9.39. The van der Waals surface area contributed by atoms with E-state index >= 15 is 0 Å². The van der Waals surface area contributed by atoms with Crippen molar-refractivity contribution in [2.24, 2.45) is 0 Å². The van der Waals surface area contributed by atoms with E-state index in [9.17, 15) is 4.39 Å². The highest BCUT2D eigenvalue weighted by atomic mass is 35.5. The van der Waals surface area contributed by atoms with E-state index < -0.39 is 0 Å². The van der Waals surface area contributed by atoms with Crippen molar-refractivity contribution in [2.75, 3.05) is 0 Å². The Balaban J connectivity index is 1.59. The smallest absolute Gasteiger partial charge is 0.131 e. The molecule has 5 heteroatoms. The average molecular weight is 396 g/mol. The van der Waals surface area contributed by atoms with E-state index in [-0.39, 0.29) is 12.4 Å². The molecule has 0 saturated carbocycles. The van der Waals surface area contributed by atoms with Crippen LogP contribution in [0.1, 0.15) is 16.9 Å². The fourth-order valence-corrected chi connectivity index (χ4v) is 3.40. The van der Waals surface area contributed by atoms with Gasteiger partial charge in [0, 0.05) is 17.7 Å². The van der Waals surface area contributed by atoms with E-state index in [2.05, 4.69) is 17.4 Å². The predicted molar refractivity (Wildman–Crippen MR) is 109 cm³/mol. The van der Waals surface area contributed by atoms with E-state index in [4.69, 9.17) is 20.8 Å². The molecule has 0 amide bonds. The second-order valence-electron chi connectivity index (χ2n) is 6.44. The third-order valence-electron chi connectivity index (χ3n) is 4.61. The lowest BCUT2D eigenvalue weighted by Gasteiger charge is -2.16. The van der Waals surface area contributed by atoms with Crippen LogP contribution < -0.4 is 10.1 Å². The Morgan fingerprint density at radius 2 is 1.79 bits per heavy atom. The van der Waals surface area contributed by atoms with Crippen LogP contribution in [0.4, 0.5) is 4.39 Å². The molecule has 0 aliphatic carbocycles. The number of nitrogens with one attached hydrogen (secondary N) is 1. The second kappa shape index (κ2) is 8.46. The van der Waals surface area contributed by atoms with Gasteiger partial charge in [-0.05, 0) is 41.1 Å². The molecule has 1 aromatic heterocycles. The minimum Gasteiger partial charge on any atom is -0.488 e. The maximum Gasteiger partial charge on any atom is 0.131 e. The van der Waals surface area contributed by atoms with E-state index in [0.717, 1.165) is 22.1 Å². The molecule has 4 rings (SSSR count). The first-order chi connectivity index (χ1) is 13.7. The van der Waals surface area contributed by atoms with E-state index in [0.29, 0.717) is 29.4 Å². The van der Waals surface area contributed by atoms with Crippen LogP contribution in [0.25, 0.3) is 10.8 Å². The Hall–Kier alpha value is -2.82. The van der Waals surface area contributed by atoms with Crippen molar-refractivity contribution in [3.8, 4) is 5.75 Å². The average Bonchev–Trinajstić information content (AvgIpc) is 3.22. The van der Waals surface area contributed by atoms with Gasteiger partial charge in [-0.2, -0.15) is 0 Å². The SMILES string of the molecule is Fc1cccc(Cl)c1COc1ccc2ccccc2c1CNCc1ccco1. The Labute approximate surface area is 167 Å². The molecule has 3 nitrogen and oxygen atoms in total. The molecule has 28 heavy (non-hydrogen) atoms. The van der Waals surface area contributed by atoms with Crippen molar-refractivity contribution in [3.05, 3.63) is 101 Å². The number of fused-ring (bicyclic) bond motifs is 1. The maximum absolute atomic E-state index is 14.1. The lowest BCUT2D eigenvalue weighted by Crippen LogP contribution is -2.14. The van der Waals surface area contributed by atoms with Crippen molar-refractivity contribution in [2.45, 2.75) is 19.7 Å². The molecular formula is C23H19ClFNO2. The molecule has 1 heterocycles. The molecule has 0 atom stereocenters. The zero-order chi connectivity index (χ0) is 19.3. The summed E-state index contributed by atoms with van der Waals surface area (Å²) in [7, 11) is 0. The zero-order valence-corrected chi connectivity index (χ0v) is 15.9. The lowest BCUT2D eigenvalue weighted by atomic mass is 10.0. The molecule has 0 fully saturated rings. The topological polar surface area (TPSA) is 34.4 Å². The number of ether oxygens (including phenoxy) is 1. The number of hydrogen-bond donors (Lipinski definition) is 1. The lowest BCUT2D eigenvalue weighted by molar-refractivity contribution is 0.296. The Morgan fingerprint density at radius 1 is 0.893 bits per heavy atom. The zero-order valence-electron chi connectivity index (χ0n) is 15.1. The summed E-state index contributed by atoms with van der Waals surface area (Å²) in [5, 5.41) is 5.95. The number of rotatable bonds is 7. The van der Waals surface area contributed by atoms with E-state index in [1.54, 1.807) is 18.4 Å². The molecule has 0 unspecified atom stereocenters. The largest absolute Gasteiger partial charge is 0.488 e. The Morgan fingerprint density at radius 3 is 2.61 bits per heavy atom. The van der Waals surface area contributed by atoms with Crippen LogP contribution in [0.5, 0.6) is 5.75 Å². The number of benzene rings is 3. The molecule has 4 aromatic rings. The maximum atomic E-state index is 14.1. The summed E-state index contributed by atoms with van der Waals surface area (Å²) in [6.07, 6.45) is 1.65. The van der Waals surface area contributed by atoms with Gasteiger partial charge in [-0.25, -0.2) is 4.39 Å². The Bertz CT molecular complexity index is 1060. The molecule has 0 spiro atoms. The minimum absolute atomic E-state index is 0.0645. The first kappa shape index (κ1) is 18.5. The molecule has 142 valence electrons. The summed E-state index contributed by atoms with van der Waals surface area (Å²) in [6.45, 7) is 1.26. The van der Waals surface area contributed by atoms with Gasteiger partial charge in [-0.3, -0.25) is 0 Å². The summed E-state index contributed by atoms with van der Waals surface area (Å²) in [5.41, 5.74) is 1.36. The molecule has 3 aromatic carbocycles. The van der Waals surface area contributed by atoms with Gasteiger partial charge < -0.3 is 14.5 Å². The van der Waals surface area contributed by atoms with Crippen molar-refractivity contribution in [3.63, 3.8) is 0 Å². The van der Waals surface area contributed by atoms with Gasteiger partial charge in [0.2, 0.25) is 0 Å². The van der Waals surface area contributed by atoms with Crippen LogP contribution in [0.2, 0.25) is 5.02 Å². The van der Waals surface area contributed by atoms with Crippen LogP contribution in [-0.2, 0) is 19.7 Å². The highest BCUT2D eigenvalue weighted by Crippen LogP contribution is 2.30. The number of hydrogen-bond acceptors (Lipinski definition) is 3. The van der Waals surface area contributed by atoms with E-state index in [1.165, 1.54) is 6.07 Å². The van der Waals surface area contributed by atoms with E-state index in [1.807, 2.05) is 36.4 Å². The first-order valence-electron chi connectivity index (χ1n) is 9.02. The van der Waals surface area contributed by atoms with Crippen molar-refractivity contribution in [1.29, 1.82) is 0 Å². The van der Waals surface area contributed by atoms with Crippen molar-refractivity contribution in [1.82, 2.24) is 5.32 Å². The third-order valence-corrected chi connectivity index (χ3v) is 4.97. The summed E-state index contributed by atoms with van der Waals surface area (Å²) < 4.78 is 25.4. The fourth-order valence-electron chi connectivity index (χ4n) is 3.18. The molecule has 0 bridgehead atoms. The predicted octanol–water partition coefficient (Wildman–Crippen LogP) is 6.09. The van der Waals surface area contributed by atoms with Crippen LogP contribution in [0.3, 0.4) is 0 Å². The number of furan rings is 1. The van der Waals surface area contributed by atoms with Crippen LogP contribution in [0, 0.1) is 5.82 Å². The molecule has 0 aliphatic heterocycles. The summed E-state index contributed by atoms with van der Waals surface area (Å²) in [5.74, 6) is 1.19. The minimum atomic E-state index is -0.370. The summed E-state index contributed by atoms with van der Waals surface area (Å²) in [4.78, 5) is 0. The van der Waals surface area contributed by atoms with Gasteiger partial charge in [-0.15, -0.1) is 0 Å².